The average molecular weight is 425 g/mol. The number of nitrogens with two attached hydrogens (primary N) is 1. The number of aliphatic imine (C=N–C) groups is 1. The van der Waals surface area contributed by atoms with E-state index in [2.05, 4.69) is 4.99 Å². The molecule has 2 aromatic carbocycles. The molecule has 0 unspecified atom stereocenters. The van der Waals surface area contributed by atoms with Crippen LogP contribution in [0.3, 0.4) is 0 Å². The molecule has 9 heteroatoms. The number of quaternary nitrogens is 1. The number of methoxy groups -OCH3 is 2. The molecule has 2 aliphatic rings. The minimum absolute atomic E-state index is 0.211. The predicted molar refractivity (Wildman–Crippen MR) is 116 cm³/mol. The first-order valence-electron chi connectivity index (χ1n) is 9.98. The van der Waals surface area contributed by atoms with Gasteiger partial charge in [-0.2, -0.15) is 5.26 Å². The van der Waals surface area contributed by atoms with E-state index in [4.69, 9.17) is 34.7 Å². The molecule has 9 nitrogen and oxygen atoms in total. The molecule has 1 fully saturated rings. The molecule has 2 bridgehead atoms. The van der Waals surface area contributed by atoms with Gasteiger partial charge in [-0.15, -0.1) is 4.99 Å². The van der Waals surface area contributed by atoms with E-state index in [9.17, 15) is 0 Å². The second-order valence-corrected chi connectivity index (χ2v) is 7.29. The van der Waals surface area contributed by atoms with Crippen molar-refractivity contribution in [2.24, 2.45) is 10.7 Å². The lowest BCUT2D eigenvalue weighted by atomic mass is 10.0. The molecule has 2 aliphatic heterocycles. The summed E-state index contributed by atoms with van der Waals surface area (Å²) in [6.07, 6.45) is 1.59. The zero-order valence-electron chi connectivity index (χ0n) is 17.6. The Kier molecular flexibility index (Phi) is 5.84. The number of nitrogens with zero attached hydrogens (tertiary/aromatic N) is 3. The first kappa shape index (κ1) is 20.8. The largest absolute Gasteiger partial charge is 0.491 e. The molecule has 1 saturated heterocycles. The number of morpholine rings is 1. The number of nitriles is 1. The first-order valence-corrected chi connectivity index (χ1v) is 9.98. The van der Waals surface area contributed by atoms with Gasteiger partial charge in [-0.3, -0.25) is 4.48 Å². The van der Waals surface area contributed by atoms with Crippen LogP contribution in [0.2, 0.25) is 0 Å². The Morgan fingerprint density at radius 1 is 1.10 bits per heavy atom. The number of ether oxygens (including phenoxy) is 5. The Morgan fingerprint density at radius 3 is 2.45 bits per heavy atom. The maximum atomic E-state index is 8.56. The third kappa shape index (κ3) is 3.83. The van der Waals surface area contributed by atoms with Crippen LogP contribution in [0.5, 0.6) is 23.0 Å². The summed E-state index contributed by atoms with van der Waals surface area (Å²) in [7, 11) is 3.33. The summed E-state index contributed by atoms with van der Waals surface area (Å²) in [5.41, 5.74) is 8.30. The molecule has 162 valence electrons. The molecule has 0 saturated carbocycles. The van der Waals surface area contributed by atoms with Crippen molar-refractivity contribution >= 4 is 11.7 Å². The van der Waals surface area contributed by atoms with E-state index in [1.54, 1.807) is 32.5 Å². The number of amidine groups is 1. The maximum Gasteiger partial charge on any atom is 0.302 e. The van der Waals surface area contributed by atoms with Gasteiger partial charge in [-0.1, -0.05) is 12.1 Å². The van der Waals surface area contributed by atoms with Crippen molar-refractivity contribution in [3.8, 4) is 40.3 Å². The van der Waals surface area contributed by atoms with E-state index < -0.39 is 0 Å². The summed E-state index contributed by atoms with van der Waals surface area (Å²) in [4.78, 5) is 3.36. The highest BCUT2D eigenvalue weighted by Crippen LogP contribution is 2.54. The van der Waals surface area contributed by atoms with Gasteiger partial charge in [0.1, 0.15) is 32.0 Å². The molecule has 2 aromatic rings. The van der Waals surface area contributed by atoms with Gasteiger partial charge >= 0.3 is 6.02 Å². The van der Waals surface area contributed by atoms with Crippen LogP contribution in [-0.4, -0.2) is 59.7 Å². The Labute approximate surface area is 180 Å². The fourth-order valence-corrected chi connectivity index (χ4v) is 4.23. The molecule has 0 atom stereocenters. The van der Waals surface area contributed by atoms with E-state index in [1.165, 1.54) is 0 Å². The second kappa shape index (κ2) is 8.71. The number of hydrogen-bond acceptors (Lipinski definition) is 7. The molecular formula is C22H25N4O5+. The van der Waals surface area contributed by atoms with Crippen LogP contribution in [-0.2, 0) is 4.74 Å². The molecule has 2 heterocycles. The van der Waals surface area contributed by atoms with Crippen LogP contribution in [0.25, 0.3) is 11.1 Å². The zero-order valence-corrected chi connectivity index (χ0v) is 17.6. The van der Waals surface area contributed by atoms with E-state index >= 15 is 0 Å². The summed E-state index contributed by atoms with van der Waals surface area (Å²) >= 11 is 0. The summed E-state index contributed by atoms with van der Waals surface area (Å²) < 4.78 is 29.6. The van der Waals surface area contributed by atoms with Gasteiger partial charge in [0, 0.05) is 5.56 Å². The Hall–Kier alpha value is -3.48. The van der Waals surface area contributed by atoms with Crippen molar-refractivity contribution in [2.45, 2.75) is 0 Å². The van der Waals surface area contributed by atoms with Gasteiger partial charge in [0.2, 0.25) is 17.6 Å². The van der Waals surface area contributed by atoms with Gasteiger partial charge < -0.3 is 29.4 Å². The van der Waals surface area contributed by atoms with Crippen LogP contribution in [0.1, 0.15) is 0 Å². The van der Waals surface area contributed by atoms with Crippen LogP contribution >= 0.6 is 0 Å². The highest BCUT2D eigenvalue weighted by Gasteiger charge is 2.43. The molecule has 31 heavy (non-hydrogen) atoms. The summed E-state index contributed by atoms with van der Waals surface area (Å²) in [6, 6.07) is 9.05. The molecular weight excluding hydrogens is 400 g/mol. The topological polar surface area (TPSA) is 108 Å². The van der Waals surface area contributed by atoms with Crippen LogP contribution in [0, 0.1) is 11.5 Å². The number of fused-ring (bicyclic) bond motifs is 3. The van der Waals surface area contributed by atoms with Crippen molar-refractivity contribution in [1.82, 2.24) is 4.48 Å². The van der Waals surface area contributed by atoms with Crippen LogP contribution in [0.15, 0.2) is 35.3 Å². The normalized spacial score (nSPS) is 17.3. The Morgan fingerprint density at radius 2 is 1.81 bits per heavy atom. The van der Waals surface area contributed by atoms with Crippen molar-refractivity contribution in [2.75, 3.05) is 53.7 Å². The van der Waals surface area contributed by atoms with E-state index in [0.29, 0.717) is 41.6 Å². The maximum absolute atomic E-state index is 8.56. The monoisotopic (exact) mass is 425 g/mol. The van der Waals surface area contributed by atoms with Crippen LogP contribution in [0.4, 0.5) is 5.69 Å². The molecule has 0 aliphatic carbocycles. The molecule has 0 amide bonds. The predicted octanol–water partition coefficient (Wildman–Crippen LogP) is 2.28. The number of rotatable bonds is 4. The quantitative estimate of drug-likeness (QED) is 0.346. The summed E-state index contributed by atoms with van der Waals surface area (Å²) in [6.45, 7) is 4.42. The number of benzene rings is 2. The van der Waals surface area contributed by atoms with Crippen molar-refractivity contribution < 1.29 is 23.7 Å². The standard InChI is InChI=1S/C22H25N4O5/c1-27-18-13-17(15-3-5-16(6-4-15)31-22(24)25-14-23)20-21(28-2)19(18)26(9-12-30-20)7-10-29-11-8-26/h3-6,13H,7-12H2,1-2H3,(H2,24,25)/q+1. The molecule has 2 N–H and O–H groups in total. The fraction of sp³-hybridized carbons (Fsp3) is 0.364. The lowest BCUT2D eigenvalue weighted by molar-refractivity contribution is 0.0359. The van der Waals surface area contributed by atoms with Gasteiger partial charge in [-0.25, -0.2) is 0 Å². The first-order chi connectivity index (χ1) is 15.1. The van der Waals surface area contributed by atoms with Gasteiger partial charge in [-0.05, 0) is 23.8 Å². The summed E-state index contributed by atoms with van der Waals surface area (Å²) in [5, 5.41) is 8.56. The Balaban J connectivity index is 1.79. The molecule has 4 rings (SSSR count). The SMILES string of the molecule is COc1cc(-c2ccc(OC(N)=NC#N)cc2)c2c(OC)c1[N+]1(CCOCC1)CCO2. The molecule has 0 aromatic heterocycles. The minimum atomic E-state index is -0.211. The zero-order chi connectivity index (χ0) is 21.8. The van der Waals surface area contributed by atoms with Gasteiger partial charge in [0.25, 0.3) is 0 Å². The third-order valence-corrected chi connectivity index (χ3v) is 5.71. The van der Waals surface area contributed by atoms with E-state index in [0.717, 1.165) is 42.2 Å². The van der Waals surface area contributed by atoms with Crippen molar-refractivity contribution in [3.63, 3.8) is 0 Å². The lowest BCUT2D eigenvalue weighted by Gasteiger charge is -2.40. The Bertz CT molecular complexity index is 1020. The summed E-state index contributed by atoms with van der Waals surface area (Å²) in [5.74, 6) is 2.62. The van der Waals surface area contributed by atoms with E-state index in [1.807, 2.05) is 18.2 Å². The molecule has 0 radical (unpaired) electrons. The van der Waals surface area contributed by atoms with Crippen LogP contribution < -0.4 is 29.2 Å². The average Bonchev–Trinajstić information content (AvgIpc) is 2.90. The third-order valence-electron chi connectivity index (χ3n) is 5.71. The smallest absolute Gasteiger partial charge is 0.302 e. The van der Waals surface area contributed by atoms with Crippen molar-refractivity contribution in [3.05, 3.63) is 30.3 Å². The molecule has 1 spiro atoms. The fourth-order valence-electron chi connectivity index (χ4n) is 4.23. The highest BCUT2D eigenvalue weighted by atomic mass is 16.5. The number of hydrogen-bond donors (Lipinski definition) is 1. The van der Waals surface area contributed by atoms with Crippen molar-refractivity contribution in [1.29, 1.82) is 5.26 Å². The van der Waals surface area contributed by atoms with Gasteiger partial charge in [0.05, 0.1) is 27.4 Å². The van der Waals surface area contributed by atoms with Gasteiger partial charge in [0.15, 0.2) is 11.5 Å². The second-order valence-electron chi connectivity index (χ2n) is 7.29. The lowest BCUT2D eigenvalue weighted by Crippen LogP contribution is -2.57. The van der Waals surface area contributed by atoms with E-state index in [-0.39, 0.29) is 6.02 Å². The minimum Gasteiger partial charge on any atom is -0.491 e. The highest BCUT2D eigenvalue weighted by molar-refractivity contribution is 5.84.